The number of aromatic nitrogens is 5. The molecule has 2 N–H and O–H groups in total. The van der Waals surface area contributed by atoms with Crippen LogP contribution >= 0.6 is 15.9 Å². The molecule has 20 heavy (non-hydrogen) atoms. The molecule has 2 aromatic heterocycles. The van der Waals surface area contributed by atoms with Gasteiger partial charge in [0.15, 0.2) is 5.82 Å². The highest BCUT2D eigenvalue weighted by Gasteiger charge is 2.15. The molecule has 0 saturated heterocycles. The lowest BCUT2D eigenvalue weighted by atomic mass is 10.1. The average Bonchev–Trinajstić information content (AvgIpc) is 3.03. The summed E-state index contributed by atoms with van der Waals surface area (Å²) in [6.07, 6.45) is 1.59. The molecule has 0 saturated carbocycles. The summed E-state index contributed by atoms with van der Waals surface area (Å²) in [5.74, 6) is 1.22. The van der Waals surface area contributed by atoms with Gasteiger partial charge in [0.25, 0.3) is 0 Å². The number of halogens is 1. The molecule has 3 rings (SSSR count). The first kappa shape index (κ1) is 12.7. The Labute approximate surface area is 123 Å². The van der Waals surface area contributed by atoms with Crippen LogP contribution < -0.4 is 5.32 Å². The second-order valence-electron chi connectivity index (χ2n) is 4.03. The summed E-state index contributed by atoms with van der Waals surface area (Å²) in [6, 6.07) is 9.91. The highest BCUT2D eigenvalue weighted by atomic mass is 79.9. The first-order chi connectivity index (χ1) is 9.79. The maximum absolute atomic E-state index is 4.57. The molecule has 0 aliphatic rings. The van der Waals surface area contributed by atoms with Crippen molar-refractivity contribution in [2.45, 2.75) is 0 Å². The molecule has 0 amide bonds. The Hall–Kier alpha value is -2.28. The van der Waals surface area contributed by atoms with E-state index in [9.17, 15) is 0 Å². The van der Waals surface area contributed by atoms with E-state index in [0.717, 1.165) is 15.7 Å². The highest BCUT2D eigenvalue weighted by molar-refractivity contribution is 9.10. The van der Waals surface area contributed by atoms with Crippen molar-refractivity contribution in [2.75, 3.05) is 12.4 Å². The summed E-state index contributed by atoms with van der Waals surface area (Å²) in [6.45, 7) is 0. The minimum absolute atomic E-state index is 0.519. The van der Waals surface area contributed by atoms with Gasteiger partial charge in [-0.1, -0.05) is 30.3 Å². The van der Waals surface area contributed by atoms with E-state index in [-0.39, 0.29) is 0 Å². The van der Waals surface area contributed by atoms with Crippen LogP contribution in [0.15, 0.2) is 41.0 Å². The Morgan fingerprint density at radius 1 is 1.15 bits per heavy atom. The number of rotatable bonds is 3. The Balaban J connectivity index is 2.21. The van der Waals surface area contributed by atoms with Crippen molar-refractivity contribution in [3.8, 4) is 22.8 Å². The first-order valence-electron chi connectivity index (χ1n) is 5.96. The predicted molar refractivity (Wildman–Crippen MR) is 80.1 cm³/mol. The van der Waals surface area contributed by atoms with Crippen molar-refractivity contribution < 1.29 is 0 Å². The number of hydrogen-bond donors (Lipinski definition) is 2. The largest absolute Gasteiger partial charge is 0.372 e. The van der Waals surface area contributed by atoms with E-state index in [1.54, 1.807) is 6.20 Å². The molecule has 7 heteroatoms. The number of H-pyrrole nitrogens is 1. The number of hydrogen-bond acceptors (Lipinski definition) is 5. The monoisotopic (exact) mass is 330 g/mol. The summed E-state index contributed by atoms with van der Waals surface area (Å²) in [5, 5.41) is 13.4. The zero-order valence-corrected chi connectivity index (χ0v) is 12.2. The smallest absolute Gasteiger partial charge is 0.184 e. The molecule has 0 bridgehead atoms. The Bertz CT molecular complexity index is 711. The molecule has 3 aromatic rings. The number of anilines is 1. The van der Waals surface area contributed by atoms with Gasteiger partial charge in [-0.3, -0.25) is 0 Å². The highest BCUT2D eigenvalue weighted by Crippen LogP contribution is 2.32. The third-order valence-electron chi connectivity index (χ3n) is 2.78. The fourth-order valence-electron chi connectivity index (χ4n) is 1.82. The molecule has 0 aliphatic heterocycles. The Kier molecular flexibility index (Phi) is 3.42. The summed E-state index contributed by atoms with van der Waals surface area (Å²) in [7, 11) is 1.81. The zero-order chi connectivity index (χ0) is 13.9. The van der Waals surface area contributed by atoms with Gasteiger partial charge in [0.1, 0.15) is 11.5 Å². The molecule has 6 nitrogen and oxygen atoms in total. The van der Waals surface area contributed by atoms with E-state index < -0.39 is 0 Å². The van der Waals surface area contributed by atoms with Crippen molar-refractivity contribution in [3.05, 3.63) is 41.0 Å². The minimum atomic E-state index is 0.519. The van der Waals surface area contributed by atoms with Gasteiger partial charge < -0.3 is 5.32 Å². The normalized spacial score (nSPS) is 10.5. The van der Waals surface area contributed by atoms with E-state index in [0.29, 0.717) is 17.3 Å². The fraction of sp³-hybridized carbons (Fsp3) is 0.0769. The van der Waals surface area contributed by atoms with Crippen LogP contribution in [0.1, 0.15) is 0 Å². The molecule has 1 aromatic carbocycles. The standard InChI is InChI=1S/C13H11BrN6/c1-15-13-10(14)11(8-5-3-2-4-6-8)17-12(18-13)9-7-16-20-19-9/h2-7H,1H3,(H,15,17,18)(H,16,19,20). The van der Waals surface area contributed by atoms with Crippen LogP contribution in [-0.2, 0) is 0 Å². The van der Waals surface area contributed by atoms with Crippen LogP contribution in [-0.4, -0.2) is 32.4 Å². The lowest BCUT2D eigenvalue weighted by Gasteiger charge is -2.10. The number of benzene rings is 1. The molecule has 0 atom stereocenters. The van der Waals surface area contributed by atoms with Crippen LogP contribution in [0.5, 0.6) is 0 Å². The molecule has 0 fully saturated rings. The van der Waals surface area contributed by atoms with Crippen LogP contribution in [0.4, 0.5) is 5.82 Å². The van der Waals surface area contributed by atoms with Crippen LogP contribution in [0.2, 0.25) is 0 Å². The van der Waals surface area contributed by atoms with Crippen molar-refractivity contribution in [2.24, 2.45) is 0 Å². The average molecular weight is 331 g/mol. The lowest BCUT2D eigenvalue weighted by Crippen LogP contribution is -2.01. The first-order valence-corrected chi connectivity index (χ1v) is 6.75. The van der Waals surface area contributed by atoms with Gasteiger partial charge in [-0.2, -0.15) is 15.4 Å². The molecule has 0 unspecified atom stereocenters. The lowest BCUT2D eigenvalue weighted by molar-refractivity contribution is 0.938. The van der Waals surface area contributed by atoms with E-state index in [4.69, 9.17) is 0 Å². The van der Waals surface area contributed by atoms with Crippen LogP contribution in [0, 0.1) is 0 Å². The number of aromatic amines is 1. The third-order valence-corrected chi connectivity index (χ3v) is 3.53. The molecule has 2 heterocycles. The Morgan fingerprint density at radius 3 is 2.60 bits per heavy atom. The van der Waals surface area contributed by atoms with Gasteiger partial charge in [-0.05, 0) is 15.9 Å². The van der Waals surface area contributed by atoms with E-state index in [1.807, 2.05) is 37.4 Å². The van der Waals surface area contributed by atoms with Crippen molar-refractivity contribution in [1.29, 1.82) is 0 Å². The second kappa shape index (κ2) is 5.38. The Morgan fingerprint density at radius 2 is 1.95 bits per heavy atom. The molecule has 0 spiro atoms. The van der Waals surface area contributed by atoms with Crippen LogP contribution in [0.3, 0.4) is 0 Å². The van der Waals surface area contributed by atoms with Gasteiger partial charge in [0.05, 0.1) is 16.4 Å². The molecular formula is C13H11BrN6. The predicted octanol–water partition coefficient (Wildman–Crippen LogP) is 2.73. The van der Waals surface area contributed by atoms with Gasteiger partial charge in [-0.25, -0.2) is 9.97 Å². The van der Waals surface area contributed by atoms with Gasteiger partial charge in [-0.15, -0.1) is 0 Å². The molecule has 0 radical (unpaired) electrons. The molecule has 0 aliphatic carbocycles. The van der Waals surface area contributed by atoms with E-state index >= 15 is 0 Å². The van der Waals surface area contributed by atoms with E-state index in [1.165, 1.54) is 0 Å². The maximum atomic E-state index is 4.57. The SMILES string of the molecule is CNc1nc(-c2cn[nH]n2)nc(-c2ccccc2)c1Br. The number of nitrogens with one attached hydrogen (secondary N) is 2. The summed E-state index contributed by atoms with van der Waals surface area (Å²) < 4.78 is 0.818. The van der Waals surface area contributed by atoms with E-state index in [2.05, 4.69) is 46.6 Å². The topological polar surface area (TPSA) is 79.4 Å². The van der Waals surface area contributed by atoms with Crippen molar-refractivity contribution in [3.63, 3.8) is 0 Å². The van der Waals surface area contributed by atoms with Crippen molar-refractivity contribution in [1.82, 2.24) is 25.4 Å². The quantitative estimate of drug-likeness (QED) is 0.771. The summed E-state index contributed by atoms with van der Waals surface area (Å²) in [5.41, 5.74) is 2.41. The molecular weight excluding hydrogens is 320 g/mol. The van der Waals surface area contributed by atoms with Gasteiger partial charge in [0.2, 0.25) is 0 Å². The van der Waals surface area contributed by atoms with Gasteiger partial charge in [0, 0.05) is 12.6 Å². The van der Waals surface area contributed by atoms with Crippen molar-refractivity contribution >= 4 is 21.7 Å². The maximum Gasteiger partial charge on any atom is 0.184 e. The van der Waals surface area contributed by atoms with Crippen LogP contribution in [0.25, 0.3) is 22.8 Å². The fourth-order valence-corrected chi connectivity index (χ4v) is 2.43. The zero-order valence-electron chi connectivity index (χ0n) is 10.6. The van der Waals surface area contributed by atoms with Gasteiger partial charge >= 0.3 is 0 Å². The minimum Gasteiger partial charge on any atom is -0.372 e. The number of nitrogens with zero attached hydrogens (tertiary/aromatic N) is 4. The second-order valence-corrected chi connectivity index (χ2v) is 4.82. The third kappa shape index (κ3) is 2.27. The summed E-state index contributed by atoms with van der Waals surface area (Å²) in [4.78, 5) is 9.00. The molecule has 100 valence electrons. The summed E-state index contributed by atoms with van der Waals surface area (Å²) >= 11 is 3.54.